The van der Waals surface area contributed by atoms with Gasteiger partial charge < -0.3 is 20.9 Å². The molecule has 0 saturated carbocycles. The average molecular weight is 340 g/mol. The van der Waals surface area contributed by atoms with Crippen LogP contribution in [0.15, 0.2) is 60.7 Å². The Morgan fingerprint density at radius 2 is 1.12 bits per heavy atom. The Hall–Kier alpha value is -1.72. The summed E-state index contributed by atoms with van der Waals surface area (Å²) in [5, 5.41) is 0. The lowest BCUT2D eigenvalue weighted by Crippen LogP contribution is -2.51. The largest absolute Gasteiger partial charge is 0.343 e. The quantitative estimate of drug-likeness (QED) is 0.848. The van der Waals surface area contributed by atoms with Crippen LogP contribution in [0.1, 0.15) is 25.0 Å². The number of ether oxygens (including phenoxy) is 2. The number of hydrogen-bond acceptors (Lipinski definition) is 4. The van der Waals surface area contributed by atoms with E-state index in [4.69, 9.17) is 20.9 Å². The van der Waals surface area contributed by atoms with Gasteiger partial charge in [0.2, 0.25) is 0 Å². The number of hydrogen-bond donors (Lipinski definition) is 2. The topological polar surface area (TPSA) is 70.5 Å². The lowest BCUT2D eigenvalue weighted by molar-refractivity contribution is -0.149. The summed E-state index contributed by atoms with van der Waals surface area (Å²) in [6.07, 6.45) is 1.02. The van der Waals surface area contributed by atoms with Gasteiger partial charge in [0.1, 0.15) is 12.2 Å². The Morgan fingerprint density at radius 1 is 0.760 bits per heavy atom. The molecule has 0 unspecified atom stereocenters. The monoisotopic (exact) mass is 340 g/mol. The Labute approximate surface area is 150 Å². The SMILES string of the molecule is CC1(C)O[C@H]([C@@H](N)Cc2ccccc2)[C@@H]([C@@H](N)Cc2ccccc2)O1. The van der Waals surface area contributed by atoms with Crippen molar-refractivity contribution in [1.29, 1.82) is 0 Å². The van der Waals surface area contributed by atoms with Gasteiger partial charge in [-0.1, -0.05) is 60.7 Å². The van der Waals surface area contributed by atoms with Crippen molar-refractivity contribution in [3.05, 3.63) is 71.8 Å². The first kappa shape index (κ1) is 18.1. The summed E-state index contributed by atoms with van der Waals surface area (Å²) in [5.74, 6) is -0.669. The minimum Gasteiger partial charge on any atom is -0.343 e. The number of nitrogens with two attached hydrogens (primary N) is 2. The predicted molar refractivity (Wildman–Crippen MR) is 100 cm³/mol. The predicted octanol–water partition coefficient (Wildman–Crippen LogP) is 2.65. The van der Waals surface area contributed by atoms with Crippen molar-refractivity contribution in [2.24, 2.45) is 11.5 Å². The first-order chi connectivity index (χ1) is 11.9. The molecule has 0 spiro atoms. The maximum absolute atomic E-state index is 6.49. The van der Waals surface area contributed by atoms with Crippen molar-refractivity contribution in [3.8, 4) is 0 Å². The Balaban J connectivity index is 1.71. The van der Waals surface area contributed by atoms with E-state index in [1.165, 1.54) is 11.1 Å². The minimum atomic E-state index is -0.669. The van der Waals surface area contributed by atoms with Crippen molar-refractivity contribution >= 4 is 0 Å². The Kier molecular flexibility index (Phi) is 5.54. The van der Waals surface area contributed by atoms with E-state index in [9.17, 15) is 0 Å². The van der Waals surface area contributed by atoms with Gasteiger partial charge in [-0.15, -0.1) is 0 Å². The average Bonchev–Trinajstić information content (AvgIpc) is 2.93. The summed E-state index contributed by atoms with van der Waals surface area (Å²) >= 11 is 0. The minimum absolute atomic E-state index is 0.170. The maximum Gasteiger partial charge on any atom is 0.163 e. The number of benzene rings is 2. The zero-order valence-corrected chi connectivity index (χ0v) is 15.0. The second kappa shape index (κ2) is 7.67. The molecule has 1 heterocycles. The first-order valence-corrected chi connectivity index (χ1v) is 8.89. The van der Waals surface area contributed by atoms with E-state index in [-0.39, 0.29) is 24.3 Å². The second-order valence-corrected chi connectivity index (χ2v) is 7.27. The standard InChI is InChI=1S/C21H28N2O2/c1-21(2)24-19(17(22)13-15-9-5-3-6-10-15)20(25-21)18(23)14-16-11-7-4-8-12-16/h3-12,17-20H,13-14,22-23H2,1-2H3/t17-,18-,19+,20+/m0/s1. The third-order valence-corrected chi connectivity index (χ3v) is 4.64. The fraction of sp³-hybridized carbons (Fsp3) is 0.429. The van der Waals surface area contributed by atoms with Gasteiger partial charge in [-0.3, -0.25) is 0 Å². The highest BCUT2D eigenvalue weighted by atomic mass is 16.8. The van der Waals surface area contributed by atoms with Crippen LogP contribution < -0.4 is 11.5 Å². The van der Waals surface area contributed by atoms with E-state index in [0.29, 0.717) is 0 Å². The molecular formula is C21H28N2O2. The van der Waals surface area contributed by atoms with Crippen molar-refractivity contribution in [2.45, 2.75) is 56.8 Å². The smallest absolute Gasteiger partial charge is 0.163 e. The summed E-state index contributed by atoms with van der Waals surface area (Å²) in [4.78, 5) is 0. The molecular weight excluding hydrogens is 312 g/mol. The zero-order chi connectivity index (χ0) is 17.9. The van der Waals surface area contributed by atoms with Crippen LogP contribution in [0.3, 0.4) is 0 Å². The van der Waals surface area contributed by atoms with Gasteiger partial charge in [-0.2, -0.15) is 0 Å². The van der Waals surface area contributed by atoms with Crippen LogP contribution in [0, 0.1) is 0 Å². The molecule has 0 aliphatic carbocycles. The van der Waals surface area contributed by atoms with E-state index in [0.717, 1.165) is 12.8 Å². The van der Waals surface area contributed by atoms with Gasteiger partial charge in [-0.05, 0) is 37.8 Å². The Bertz CT molecular complexity index is 603. The van der Waals surface area contributed by atoms with E-state index in [1.54, 1.807) is 0 Å². The van der Waals surface area contributed by atoms with Gasteiger partial charge in [0.15, 0.2) is 5.79 Å². The molecule has 1 aliphatic heterocycles. The maximum atomic E-state index is 6.49. The molecule has 3 rings (SSSR count). The normalized spacial score (nSPS) is 24.8. The highest BCUT2D eigenvalue weighted by Crippen LogP contribution is 2.32. The van der Waals surface area contributed by atoms with Crippen LogP contribution in [0.25, 0.3) is 0 Å². The summed E-state index contributed by atoms with van der Waals surface area (Å²) in [6.45, 7) is 3.84. The molecule has 25 heavy (non-hydrogen) atoms. The van der Waals surface area contributed by atoms with Gasteiger partial charge in [0.25, 0.3) is 0 Å². The lowest BCUT2D eigenvalue weighted by atomic mass is 9.92. The fourth-order valence-electron chi connectivity index (χ4n) is 3.48. The van der Waals surface area contributed by atoms with Gasteiger partial charge in [0, 0.05) is 12.1 Å². The molecule has 4 heteroatoms. The third-order valence-electron chi connectivity index (χ3n) is 4.64. The molecule has 134 valence electrons. The highest BCUT2D eigenvalue weighted by molar-refractivity contribution is 5.18. The molecule has 1 fully saturated rings. The molecule has 0 amide bonds. The van der Waals surface area contributed by atoms with E-state index < -0.39 is 5.79 Å². The highest BCUT2D eigenvalue weighted by Gasteiger charge is 2.46. The zero-order valence-electron chi connectivity index (χ0n) is 15.0. The van der Waals surface area contributed by atoms with Gasteiger partial charge >= 0.3 is 0 Å². The summed E-state index contributed by atoms with van der Waals surface area (Å²) < 4.78 is 12.3. The van der Waals surface area contributed by atoms with Crippen LogP contribution in [0.2, 0.25) is 0 Å². The van der Waals surface area contributed by atoms with Crippen molar-refractivity contribution in [2.75, 3.05) is 0 Å². The van der Waals surface area contributed by atoms with Crippen molar-refractivity contribution in [3.63, 3.8) is 0 Å². The molecule has 0 bridgehead atoms. The van der Waals surface area contributed by atoms with Crippen molar-refractivity contribution < 1.29 is 9.47 Å². The summed E-state index contributed by atoms with van der Waals surface area (Å²) in [5.41, 5.74) is 15.4. The van der Waals surface area contributed by atoms with Crippen LogP contribution in [0.4, 0.5) is 0 Å². The van der Waals surface area contributed by atoms with Crippen LogP contribution in [-0.4, -0.2) is 30.1 Å². The molecule has 2 aromatic rings. The van der Waals surface area contributed by atoms with E-state index in [2.05, 4.69) is 24.3 Å². The summed E-state index contributed by atoms with van der Waals surface area (Å²) in [7, 11) is 0. The Morgan fingerprint density at radius 3 is 1.48 bits per heavy atom. The summed E-state index contributed by atoms with van der Waals surface area (Å²) in [6, 6.07) is 20.1. The third kappa shape index (κ3) is 4.67. The molecule has 1 saturated heterocycles. The van der Waals surface area contributed by atoms with Gasteiger partial charge in [-0.25, -0.2) is 0 Å². The first-order valence-electron chi connectivity index (χ1n) is 8.89. The molecule has 1 aliphatic rings. The van der Waals surface area contributed by atoms with Crippen LogP contribution >= 0.6 is 0 Å². The molecule has 2 aromatic carbocycles. The molecule has 0 radical (unpaired) electrons. The lowest BCUT2D eigenvalue weighted by Gasteiger charge is -2.27. The number of rotatable bonds is 6. The van der Waals surface area contributed by atoms with E-state index >= 15 is 0 Å². The van der Waals surface area contributed by atoms with E-state index in [1.807, 2.05) is 50.2 Å². The van der Waals surface area contributed by atoms with Crippen LogP contribution in [0.5, 0.6) is 0 Å². The van der Waals surface area contributed by atoms with Crippen molar-refractivity contribution in [1.82, 2.24) is 0 Å². The molecule has 4 nitrogen and oxygen atoms in total. The molecule has 0 aromatic heterocycles. The molecule has 4 atom stereocenters. The fourth-order valence-corrected chi connectivity index (χ4v) is 3.48. The second-order valence-electron chi connectivity index (χ2n) is 7.27. The van der Waals surface area contributed by atoms with Gasteiger partial charge in [0.05, 0.1) is 0 Å². The molecule has 4 N–H and O–H groups in total. The van der Waals surface area contributed by atoms with Crippen LogP contribution in [-0.2, 0) is 22.3 Å².